The molecule has 5 aromatic rings. The number of hydrogen-bond donors (Lipinski definition) is 1. The highest BCUT2D eigenvalue weighted by atomic mass is 35.5. The van der Waals surface area contributed by atoms with Crippen molar-refractivity contribution in [2.45, 2.75) is 38.1 Å². The van der Waals surface area contributed by atoms with Crippen molar-refractivity contribution >= 4 is 39.9 Å². The molecule has 4 nitrogen and oxygen atoms in total. The molecule has 0 saturated carbocycles. The molecule has 0 bridgehead atoms. The molecular weight excluding hydrogens is 547 g/mol. The molecule has 1 aliphatic heterocycles. The number of piperidine rings is 1. The first-order valence-electron chi connectivity index (χ1n) is 14.2. The zero-order chi connectivity index (χ0) is 28.2. The van der Waals surface area contributed by atoms with Gasteiger partial charge in [0.05, 0.1) is 27.7 Å². The summed E-state index contributed by atoms with van der Waals surface area (Å²) in [5.41, 5.74) is 7.42. The number of imidazole rings is 1. The number of rotatable bonds is 8. The summed E-state index contributed by atoms with van der Waals surface area (Å²) in [6, 6.07) is 31.3. The standard InChI is InChI=1S/C35H32Cl2N4/c1-38-29-9-5-8-28(20-29)25-10-12-26(13-11-25)30(14-15-35-39-33-21-31(36)32(37)22-34(33)40-35)27-16-18-41(19-17-27)23-24-6-3-2-4-7-24/h2-13,20-22,27,30H,14-19,23H2,(H,39,40). The lowest BCUT2D eigenvalue weighted by atomic mass is 9.77. The van der Waals surface area contributed by atoms with Crippen molar-refractivity contribution in [2.75, 3.05) is 13.1 Å². The molecule has 206 valence electrons. The number of nitrogens with zero attached hydrogens (tertiary/aromatic N) is 3. The van der Waals surface area contributed by atoms with Crippen molar-refractivity contribution in [3.8, 4) is 11.1 Å². The minimum atomic E-state index is 0.429. The van der Waals surface area contributed by atoms with Crippen LogP contribution in [0.2, 0.25) is 10.0 Å². The van der Waals surface area contributed by atoms with Gasteiger partial charge in [-0.05, 0) is 84.6 Å². The molecule has 1 fully saturated rings. The Morgan fingerprint density at radius 3 is 2.39 bits per heavy atom. The Labute approximate surface area is 251 Å². The molecule has 1 aliphatic rings. The first-order chi connectivity index (χ1) is 20.1. The molecule has 0 spiro atoms. The quantitative estimate of drug-likeness (QED) is 0.186. The second kappa shape index (κ2) is 12.5. The zero-order valence-corrected chi connectivity index (χ0v) is 24.4. The number of nitrogens with one attached hydrogen (secondary N) is 1. The zero-order valence-electron chi connectivity index (χ0n) is 22.9. The molecule has 0 aliphatic carbocycles. The normalized spacial score (nSPS) is 15.1. The maximum Gasteiger partial charge on any atom is 0.187 e. The summed E-state index contributed by atoms with van der Waals surface area (Å²) in [6.45, 7) is 10.6. The Kier molecular flexibility index (Phi) is 8.39. The van der Waals surface area contributed by atoms with Gasteiger partial charge in [-0.25, -0.2) is 9.83 Å². The van der Waals surface area contributed by atoms with Gasteiger partial charge >= 0.3 is 0 Å². The first-order valence-corrected chi connectivity index (χ1v) is 15.0. The highest BCUT2D eigenvalue weighted by Crippen LogP contribution is 2.38. The van der Waals surface area contributed by atoms with Crippen molar-refractivity contribution < 1.29 is 0 Å². The minimum absolute atomic E-state index is 0.429. The SMILES string of the molecule is [C-]#[N+]c1cccc(-c2ccc(C(CCc3nc4cc(Cl)c(Cl)cc4[nH]3)C3CCN(Cc4ccccc4)CC3)cc2)c1. The van der Waals surface area contributed by atoms with Crippen LogP contribution in [-0.4, -0.2) is 28.0 Å². The van der Waals surface area contributed by atoms with Crippen LogP contribution in [0, 0.1) is 12.5 Å². The first kappa shape index (κ1) is 27.5. The van der Waals surface area contributed by atoms with Gasteiger partial charge in [-0.2, -0.15) is 0 Å². The Morgan fingerprint density at radius 2 is 1.63 bits per heavy atom. The Bertz CT molecular complexity index is 1620. The number of aromatic amines is 1. The maximum atomic E-state index is 7.36. The average molecular weight is 580 g/mol. The van der Waals surface area contributed by atoms with Crippen molar-refractivity contribution in [1.29, 1.82) is 0 Å². The van der Waals surface area contributed by atoms with Gasteiger partial charge in [0.1, 0.15) is 5.82 Å². The van der Waals surface area contributed by atoms with E-state index in [1.54, 1.807) is 0 Å². The van der Waals surface area contributed by atoms with Crippen molar-refractivity contribution in [3.63, 3.8) is 0 Å². The summed E-state index contributed by atoms with van der Waals surface area (Å²) in [6.07, 6.45) is 4.22. The molecule has 1 N–H and O–H groups in total. The van der Waals surface area contributed by atoms with Gasteiger partial charge in [0.15, 0.2) is 5.69 Å². The van der Waals surface area contributed by atoms with E-state index < -0.39 is 0 Å². The van der Waals surface area contributed by atoms with Gasteiger partial charge in [-0.3, -0.25) is 4.90 Å². The number of likely N-dealkylation sites (tertiary alicyclic amines) is 1. The van der Waals surface area contributed by atoms with E-state index in [0.29, 0.717) is 27.6 Å². The predicted octanol–water partition coefficient (Wildman–Crippen LogP) is 9.72. The molecule has 1 saturated heterocycles. The molecule has 6 rings (SSSR count). The second-order valence-electron chi connectivity index (χ2n) is 11.0. The van der Waals surface area contributed by atoms with E-state index in [9.17, 15) is 0 Å². The van der Waals surface area contributed by atoms with Gasteiger partial charge in [-0.1, -0.05) is 96.0 Å². The highest BCUT2D eigenvalue weighted by molar-refractivity contribution is 6.42. The Morgan fingerprint density at radius 1 is 0.878 bits per heavy atom. The van der Waals surface area contributed by atoms with Gasteiger partial charge in [0, 0.05) is 13.0 Å². The van der Waals surface area contributed by atoms with Gasteiger partial charge < -0.3 is 4.98 Å². The van der Waals surface area contributed by atoms with E-state index in [-0.39, 0.29) is 0 Å². The van der Waals surface area contributed by atoms with Crippen LogP contribution in [-0.2, 0) is 13.0 Å². The second-order valence-corrected chi connectivity index (χ2v) is 11.8. The fourth-order valence-electron chi connectivity index (χ4n) is 6.18. The molecule has 41 heavy (non-hydrogen) atoms. The molecule has 1 atom stereocenters. The number of hydrogen-bond acceptors (Lipinski definition) is 2. The van der Waals surface area contributed by atoms with Crippen LogP contribution in [0.3, 0.4) is 0 Å². The van der Waals surface area contributed by atoms with E-state index in [1.165, 1.54) is 24.0 Å². The number of H-pyrrole nitrogens is 1. The number of fused-ring (bicyclic) bond motifs is 1. The van der Waals surface area contributed by atoms with Gasteiger partial charge in [0.25, 0.3) is 0 Å². The largest absolute Gasteiger partial charge is 0.342 e. The summed E-state index contributed by atoms with van der Waals surface area (Å²) in [5, 5.41) is 1.07. The summed E-state index contributed by atoms with van der Waals surface area (Å²) < 4.78 is 0. The molecular formula is C35H32Cl2N4. The summed E-state index contributed by atoms with van der Waals surface area (Å²) in [4.78, 5) is 14.5. The lowest BCUT2D eigenvalue weighted by Crippen LogP contribution is -2.35. The van der Waals surface area contributed by atoms with Crippen LogP contribution in [0.1, 0.15) is 42.1 Å². The molecule has 1 unspecified atom stereocenters. The number of halogens is 2. The average Bonchev–Trinajstić information content (AvgIpc) is 3.40. The van der Waals surface area contributed by atoms with Crippen LogP contribution >= 0.6 is 23.2 Å². The Balaban J connectivity index is 1.21. The van der Waals surface area contributed by atoms with Crippen molar-refractivity contribution in [3.05, 3.63) is 129 Å². The lowest BCUT2D eigenvalue weighted by molar-refractivity contribution is 0.159. The molecule has 0 amide bonds. The van der Waals surface area contributed by atoms with E-state index in [0.717, 1.165) is 60.5 Å². The third-order valence-corrected chi connectivity index (χ3v) is 9.08. The van der Waals surface area contributed by atoms with Crippen LogP contribution in [0.4, 0.5) is 5.69 Å². The van der Waals surface area contributed by atoms with Crippen LogP contribution < -0.4 is 0 Å². The molecule has 1 aromatic heterocycles. The third-order valence-electron chi connectivity index (χ3n) is 8.36. The minimum Gasteiger partial charge on any atom is -0.342 e. The van der Waals surface area contributed by atoms with E-state index in [4.69, 9.17) is 34.8 Å². The summed E-state index contributed by atoms with van der Waals surface area (Å²) >= 11 is 12.5. The fourth-order valence-corrected chi connectivity index (χ4v) is 6.50. The number of aromatic nitrogens is 2. The van der Waals surface area contributed by atoms with E-state index in [1.807, 2.05) is 30.3 Å². The molecule has 0 radical (unpaired) electrons. The van der Waals surface area contributed by atoms with Crippen LogP contribution in [0.25, 0.3) is 27.0 Å². The Hall–Kier alpha value is -3.62. The van der Waals surface area contributed by atoms with E-state index >= 15 is 0 Å². The smallest absolute Gasteiger partial charge is 0.187 e. The monoisotopic (exact) mass is 578 g/mol. The molecule has 6 heteroatoms. The molecule has 2 heterocycles. The van der Waals surface area contributed by atoms with Crippen LogP contribution in [0.15, 0.2) is 91.0 Å². The number of benzene rings is 4. The van der Waals surface area contributed by atoms with E-state index in [2.05, 4.69) is 75.4 Å². The van der Waals surface area contributed by atoms with Gasteiger partial charge in [-0.15, -0.1) is 0 Å². The van der Waals surface area contributed by atoms with Crippen molar-refractivity contribution in [1.82, 2.24) is 14.9 Å². The summed E-state index contributed by atoms with van der Waals surface area (Å²) in [5.74, 6) is 2.00. The number of aryl methyl sites for hydroxylation is 1. The highest BCUT2D eigenvalue weighted by Gasteiger charge is 2.28. The molecule has 4 aromatic carbocycles. The predicted molar refractivity (Wildman–Crippen MR) is 170 cm³/mol. The third kappa shape index (κ3) is 6.49. The topological polar surface area (TPSA) is 36.3 Å². The summed E-state index contributed by atoms with van der Waals surface area (Å²) in [7, 11) is 0. The van der Waals surface area contributed by atoms with Crippen molar-refractivity contribution in [2.24, 2.45) is 5.92 Å². The lowest BCUT2D eigenvalue weighted by Gasteiger charge is -2.36. The maximum absolute atomic E-state index is 7.36. The fraction of sp³-hybridized carbons (Fsp3) is 0.257. The van der Waals surface area contributed by atoms with Crippen LogP contribution in [0.5, 0.6) is 0 Å². The van der Waals surface area contributed by atoms with Gasteiger partial charge in [0.2, 0.25) is 0 Å².